The Morgan fingerprint density at radius 1 is 0.733 bits per heavy atom. The number of amides is 2. The number of hydrazine groups is 1. The molecule has 0 aromatic heterocycles. The lowest BCUT2D eigenvalue weighted by molar-refractivity contribution is -0.135. The Hall–Kier alpha value is -4.39. The van der Waals surface area contributed by atoms with Gasteiger partial charge in [-0.25, -0.2) is 0 Å². The highest BCUT2D eigenvalue weighted by Gasteiger charge is 2.16. The molecule has 3 rings (SSSR count). The van der Waals surface area contributed by atoms with Crippen LogP contribution < -0.4 is 16.2 Å². The van der Waals surface area contributed by atoms with Crippen molar-refractivity contribution in [1.29, 1.82) is 0 Å². The molecule has 0 heterocycles. The maximum absolute atomic E-state index is 12.5. The molecule has 0 saturated heterocycles. The molecule has 0 radical (unpaired) electrons. The summed E-state index contributed by atoms with van der Waals surface area (Å²) >= 11 is 0. The van der Waals surface area contributed by atoms with Crippen LogP contribution in [0.5, 0.6) is 0 Å². The van der Waals surface area contributed by atoms with Crippen molar-refractivity contribution in [1.82, 2.24) is 10.9 Å². The predicted octanol–water partition coefficient (Wildman–Crippen LogP) is 3.36. The van der Waals surface area contributed by atoms with Crippen molar-refractivity contribution in [2.45, 2.75) is 0 Å². The van der Waals surface area contributed by atoms with Crippen LogP contribution in [0, 0.1) is 0 Å². The lowest BCUT2D eigenvalue weighted by atomic mass is 10.1. The zero-order valence-corrected chi connectivity index (χ0v) is 15.8. The van der Waals surface area contributed by atoms with Crippen LogP contribution in [-0.2, 0) is 9.59 Å². The third-order valence-electron chi connectivity index (χ3n) is 4.08. The maximum atomic E-state index is 12.5. The van der Waals surface area contributed by atoms with Crippen molar-refractivity contribution >= 4 is 34.7 Å². The molecular formula is C23H19N3O4. The molecule has 7 nitrogen and oxygen atoms in total. The quantitative estimate of drug-likeness (QED) is 0.219. The van der Waals surface area contributed by atoms with Crippen LogP contribution in [0.2, 0.25) is 0 Å². The van der Waals surface area contributed by atoms with Crippen molar-refractivity contribution < 1.29 is 19.5 Å². The lowest BCUT2D eigenvalue weighted by Crippen LogP contribution is -2.44. The first-order chi connectivity index (χ1) is 14.5. The lowest BCUT2D eigenvalue weighted by Gasteiger charge is -2.12. The second kappa shape index (κ2) is 9.70. The van der Waals surface area contributed by atoms with Gasteiger partial charge in [0.25, 0.3) is 5.91 Å². The van der Waals surface area contributed by atoms with E-state index in [2.05, 4.69) is 16.2 Å². The Bertz CT molecular complexity index is 1080. The summed E-state index contributed by atoms with van der Waals surface area (Å²) in [4.78, 5) is 36.4. The van der Waals surface area contributed by atoms with Crippen molar-refractivity contribution in [2.75, 3.05) is 5.32 Å². The Labute approximate surface area is 173 Å². The van der Waals surface area contributed by atoms with Gasteiger partial charge in [0.05, 0.1) is 11.3 Å². The summed E-state index contributed by atoms with van der Waals surface area (Å²) in [6.45, 7) is 0. The van der Waals surface area contributed by atoms with Gasteiger partial charge in [-0.15, -0.1) is 0 Å². The molecule has 0 spiro atoms. The average Bonchev–Trinajstić information content (AvgIpc) is 2.78. The number of hydrogen-bond donors (Lipinski definition) is 4. The summed E-state index contributed by atoms with van der Waals surface area (Å²) in [5.41, 5.74) is 6.25. The Kier molecular flexibility index (Phi) is 6.58. The van der Waals surface area contributed by atoms with E-state index in [-0.39, 0.29) is 11.3 Å². The van der Waals surface area contributed by atoms with E-state index in [0.717, 1.165) is 11.8 Å². The molecule has 2 amide bonds. The minimum atomic E-state index is -1.08. The van der Waals surface area contributed by atoms with Gasteiger partial charge in [0.2, 0.25) is 5.78 Å². The zero-order chi connectivity index (χ0) is 21.3. The van der Waals surface area contributed by atoms with E-state index < -0.39 is 17.6 Å². The third kappa shape index (κ3) is 5.32. The number of hydrogen-bond acceptors (Lipinski definition) is 5. The third-order valence-corrected chi connectivity index (χ3v) is 4.08. The fourth-order valence-corrected chi connectivity index (χ4v) is 2.59. The monoisotopic (exact) mass is 401 g/mol. The maximum Gasteiger partial charge on any atom is 0.310 e. The van der Waals surface area contributed by atoms with Crippen LogP contribution >= 0.6 is 0 Å². The van der Waals surface area contributed by atoms with Gasteiger partial charge in [-0.1, -0.05) is 60.7 Å². The molecule has 0 aliphatic rings. The predicted molar refractivity (Wildman–Crippen MR) is 114 cm³/mol. The number of anilines is 2. The van der Waals surface area contributed by atoms with Crippen molar-refractivity contribution in [3.63, 3.8) is 0 Å². The van der Waals surface area contributed by atoms with Crippen molar-refractivity contribution in [3.05, 3.63) is 102 Å². The summed E-state index contributed by atoms with van der Waals surface area (Å²) < 4.78 is 0. The number of nitrogens with one attached hydrogen (secondary N) is 3. The molecule has 0 aliphatic carbocycles. The molecule has 150 valence electrons. The van der Waals surface area contributed by atoms with Gasteiger partial charge >= 0.3 is 5.91 Å². The summed E-state index contributed by atoms with van der Waals surface area (Å²) in [6, 6.07) is 24.3. The average molecular weight is 401 g/mol. The summed E-state index contributed by atoms with van der Waals surface area (Å²) in [5, 5.41) is 13.1. The molecule has 3 aromatic rings. The van der Waals surface area contributed by atoms with E-state index in [1.807, 2.05) is 30.3 Å². The molecule has 0 bridgehead atoms. The molecular weight excluding hydrogens is 382 g/mol. The first-order valence-electron chi connectivity index (χ1n) is 9.06. The van der Waals surface area contributed by atoms with E-state index in [4.69, 9.17) is 0 Å². The van der Waals surface area contributed by atoms with E-state index in [0.29, 0.717) is 11.3 Å². The molecule has 0 fully saturated rings. The molecule has 0 unspecified atom stereocenters. The normalized spacial score (nSPS) is 10.7. The number of para-hydroxylation sites is 2. The van der Waals surface area contributed by atoms with Gasteiger partial charge in [0, 0.05) is 17.3 Å². The van der Waals surface area contributed by atoms with Crippen molar-refractivity contribution in [2.24, 2.45) is 0 Å². The van der Waals surface area contributed by atoms with Crippen LogP contribution in [-0.4, -0.2) is 22.7 Å². The molecule has 30 heavy (non-hydrogen) atoms. The van der Waals surface area contributed by atoms with Crippen LogP contribution in [0.25, 0.3) is 5.76 Å². The Balaban J connectivity index is 1.63. The van der Waals surface area contributed by atoms with Gasteiger partial charge < -0.3 is 10.4 Å². The number of aliphatic hydroxyl groups excluding tert-OH is 1. The van der Waals surface area contributed by atoms with Crippen molar-refractivity contribution in [3.8, 4) is 0 Å². The standard InChI is InChI=1S/C23H19N3O4/c27-20(16-9-3-1-4-10-16)15-21(28)23(30)26-25-22(29)18-13-7-8-14-19(18)24-17-11-5-2-6-12-17/h1-15,24,27H,(H,25,29)(H,26,30)/b20-15-. The number of rotatable bonds is 6. The van der Waals surface area contributed by atoms with Crippen LogP contribution in [0.15, 0.2) is 91.0 Å². The summed E-state index contributed by atoms with van der Waals surface area (Å²) in [5.74, 6) is -3.04. The number of benzene rings is 3. The second-order valence-corrected chi connectivity index (χ2v) is 6.20. The highest BCUT2D eigenvalue weighted by molar-refractivity contribution is 6.41. The molecule has 0 atom stereocenters. The van der Waals surface area contributed by atoms with Crippen LogP contribution in [0.3, 0.4) is 0 Å². The Morgan fingerprint density at radius 3 is 2.03 bits per heavy atom. The minimum Gasteiger partial charge on any atom is -0.507 e. The van der Waals surface area contributed by atoms with E-state index in [1.54, 1.807) is 54.6 Å². The minimum absolute atomic E-state index is 0.275. The first-order valence-corrected chi connectivity index (χ1v) is 9.06. The van der Waals surface area contributed by atoms with Crippen LogP contribution in [0.4, 0.5) is 11.4 Å². The zero-order valence-electron chi connectivity index (χ0n) is 15.8. The summed E-state index contributed by atoms with van der Waals surface area (Å²) in [7, 11) is 0. The number of aliphatic hydroxyl groups is 1. The summed E-state index contributed by atoms with van der Waals surface area (Å²) in [6.07, 6.45) is 0.793. The van der Waals surface area contributed by atoms with Gasteiger partial charge in [0.15, 0.2) is 0 Å². The largest absolute Gasteiger partial charge is 0.507 e. The van der Waals surface area contributed by atoms with Crippen LogP contribution in [0.1, 0.15) is 15.9 Å². The molecule has 0 saturated carbocycles. The van der Waals surface area contributed by atoms with Gasteiger partial charge in [-0.2, -0.15) is 0 Å². The SMILES string of the molecule is O=C(/C=C(\O)c1ccccc1)C(=O)NNC(=O)c1ccccc1Nc1ccccc1. The van der Waals surface area contributed by atoms with Gasteiger partial charge in [-0.3, -0.25) is 25.2 Å². The number of ketones is 1. The number of carbonyl (C=O) groups excluding carboxylic acids is 3. The first kappa shape index (κ1) is 20.3. The Morgan fingerprint density at radius 2 is 1.33 bits per heavy atom. The molecule has 0 aliphatic heterocycles. The topological polar surface area (TPSA) is 108 Å². The highest BCUT2D eigenvalue weighted by atomic mass is 16.3. The van der Waals surface area contributed by atoms with E-state index in [1.165, 1.54) is 0 Å². The van der Waals surface area contributed by atoms with Gasteiger partial charge in [-0.05, 0) is 24.3 Å². The van der Waals surface area contributed by atoms with E-state index >= 15 is 0 Å². The fraction of sp³-hybridized carbons (Fsp3) is 0. The molecule has 7 heteroatoms. The fourth-order valence-electron chi connectivity index (χ4n) is 2.59. The molecule has 4 N–H and O–H groups in total. The van der Waals surface area contributed by atoms with E-state index in [9.17, 15) is 19.5 Å². The number of carbonyl (C=O) groups is 3. The smallest absolute Gasteiger partial charge is 0.310 e. The molecule has 3 aromatic carbocycles. The van der Waals surface area contributed by atoms with Gasteiger partial charge in [0.1, 0.15) is 5.76 Å². The highest BCUT2D eigenvalue weighted by Crippen LogP contribution is 2.20. The second-order valence-electron chi connectivity index (χ2n) is 6.20.